The molecule has 1 aromatic carbocycles. The molecule has 0 fully saturated rings. The summed E-state index contributed by atoms with van der Waals surface area (Å²) in [5, 5.41) is 14.1. The zero-order valence-electron chi connectivity index (χ0n) is 9.32. The molecule has 0 saturated heterocycles. The van der Waals surface area contributed by atoms with Crippen LogP contribution in [0.15, 0.2) is 48.9 Å². The molecule has 5 heteroatoms. The summed E-state index contributed by atoms with van der Waals surface area (Å²) in [6.45, 7) is 0. The molecule has 0 aliphatic heterocycles. The lowest BCUT2D eigenvalue weighted by Crippen LogP contribution is -1.99. The molecule has 2 aromatic heterocycles. The average Bonchev–Trinajstić information content (AvgIpc) is 2.82. The number of hydrogen-bond acceptors (Lipinski definition) is 3. The van der Waals surface area contributed by atoms with Crippen LogP contribution in [0.3, 0.4) is 0 Å². The number of carbonyl (C=O) groups is 1. The Morgan fingerprint density at radius 3 is 2.61 bits per heavy atom. The summed E-state index contributed by atoms with van der Waals surface area (Å²) in [6.07, 6.45) is 5.19. The Labute approximate surface area is 102 Å². The Morgan fingerprint density at radius 1 is 1.11 bits per heavy atom. The predicted molar refractivity (Wildman–Crippen MR) is 65.8 cm³/mol. The molecular formula is C13H9N3O2. The zero-order chi connectivity index (χ0) is 12.5. The minimum Gasteiger partial charge on any atom is -0.478 e. The molecule has 18 heavy (non-hydrogen) atoms. The number of aromatic nitrogens is 3. The van der Waals surface area contributed by atoms with E-state index >= 15 is 0 Å². The van der Waals surface area contributed by atoms with Crippen LogP contribution in [-0.2, 0) is 0 Å². The molecule has 1 N–H and O–H groups in total. The van der Waals surface area contributed by atoms with Crippen molar-refractivity contribution in [2.45, 2.75) is 0 Å². The highest BCUT2D eigenvalue weighted by Gasteiger charge is 2.06. The highest BCUT2D eigenvalue weighted by atomic mass is 16.4. The van der Waals surface area contributed by atoms with Crippen molar-refractivity contribution in [2.24, 2.45) is 0 Å². The summed E-state index contributed by atoms with van der Waals surface area (Å²) >= 11 is 0. The van der Waals surface area contributed by atoms with E-state index in [4.69, 9.17) is 5.11 Å². The second kappa shape index (κ2) is 3.96. The van der Waals surface area contributed by atoms with E-state index < -0.39 is 5.97 Å². The highest BCUT2D eigenvalue weighted by molar-refractivity contribution is 5.88. The van der Waals surface area contributed by atoms with Crippen molar-refractivity contribution in [3.8, 4) is 5.69 Å². The van der Waals surface area contributed by atoms with E-state index in [1.807, 2.05) is 6.07 Å². The summed E-state index contributed by atoms with van der Waals surface area (Å²) in [5.74, 6) is -0.937. The molecule has 3 rings (SSSR count). The number of fused-ring (bicyclic) bond motifs is 1. The fraction of sp³-hybridized carbons (Fsp3) is 0. The largest absolute Gasteiger partial charge is 0.478 e. The topological polar surface area (TPSA) is 68.0 Å². The van der Waals surface area contributed by atoms with Gasteiger partial charge in [0, 0.05) is 11.6 Å². The zero-order valence-corrected chi connectivity index (χ0v) is 9.32. The van der Waals surface area contributed by atoms with Crippen molar-refractivity contribution in [2.75, 3.05) is 0 Å². The van der Waals surface area contributed by atoms with Gasteiger partial charge in [-0.05, 0) is 30.3 Å². The Kier molecular flexibility index (Phi) is 2.30. The minimum absolute atomic E-state index is 0.258. The summed E-state index contributed by atoms with van der Waals surface area (Å²) in [4.78, 5) is 14.8. The monoisotopic (exact) mass is 239 g/mol. The summed E-state index contributed by atoms with van der Waals surface area (Å²) < 4.78 is 1.73. The number of carboxylic acid groups (broad SMARTS) is 1. The van der Waals surface area contributed by atoms with Crippen molar-refractivity contribution in [1.82, 2.24) is 14.8 Å². The Hall–Kier alpha value is -2.69. The molecule has 0 saturated carbocycles. The molecule has 0 aliphatic rings. The maximum Gasteiger partial charge on any atom is 0.335 e. The van der Waals surface area contributed by atoms with E-state index in [1.165, 1.54) is 0 Å². The molecule has 0 unspecified atom stereocenters. The van der Waals surface area contributed by atoms with Crippen LogP contribution in [0.1, 0.15) is 10.4 Å². The van der Waals surface area contributed by atoms with E-state index in [1.54, 1.807) is 47.5 Å². The molecule has 0 amide bonds. The molecule has 3 aromatic rings. The fourth-order valence-electron chi connectivity index (χ4n) is 1.82. The van der Waals surface area contributed by atoms with Crippen LogP contribution in [0.4, 0.5) is 0 Å². The highest BCUT2D eigenvalue weighted by Crippen LogP contribution is 2.17. The molecule has 88 valence electrons. The Morgan fingerprint density at radius 2 is 1.89 bits per heavy atom. The van der Waals surface area contributed by atoms with Crippen LogP contribution in [0.25, 0.3) is 16.6 Å². The van der Waals surface area contributed by atoms with Gasteiger partial charge >= 0.3 is 5.97 Å². The van der Waals surface area contributed by atoms with Crippen molar-refractivity contribution in [3.63, 3.8) is 0 Å². The first-order chi connectivity index (χ1) is 8.75. The molecule has 0 spiro atoms. The van der Waals surface area contributed by atoms with Gasteiger partial charge in [0.1, 0.15) is 0 Å². The second-order valence-electron chi connectivity index (χ2n) is 3.84. The van der Waals surface area contributed by atoms with E-state index in [0.29, 0.717) is 0 Å². The lowest BCUT2D eigenvalue weighted by molar-refractivity contribution is 0.0697. The third kappa shape index (κ3) is 1.62. The number of rotatable bonds is 2. The predicted octanol–water partition coefficient (Wildman–Crippen LogP) is 2.12. The third-order valence-corrected chi connectivity index (χ3v) is 2.73. The van der Waals surface area contributed by atoms with Gasteiger partial charge in [0.25, 0.3) is 0 Å². The maximum atomic E-state index is 10.8. The molecule has 0 radical (unpaired) electrons. The van der Waals surface area contributed by atoms with Gasteiger partial charge in [-0.1, -0.05) is 0 Å². The van der Waals surface area contributed by atoms with Gasteiger partial charge in [-0.3, -0.25) is 4.98 Å². The smallest absolute Gasteiger partial charge is 0.335 e. The number of carboxylic acids is 1. The summed E-state index contributed by atoms with van der Waals surface area (Å²) in [7, 11) is 0. The van der Waals surface area contributed by atoms with Crippen LogP contribution in [0.2, 0.25) is 0 Å². The van der Waals surface area contributed by atoms with Gasteiger partial charge in [-0.15, -0.1) is 0 Å². The lowest BCUT2D eigenvalue weighted by Gasteiger charge is -2.03. The summed E-state index contributed by atoms with van der Waals surface area (Å²) in [6, 6.07) is 8.44. The molecular weight excluding hydrogens is 230 g/mol. The van der Waals surface area contributed by atoms with Gasteiger partial charge < -0.3 is 5.11 Å². The molecule has 0 atom stereocenters. The van der Waals surface area contributed by atoms with Crippen molar-refractivity contribution < 1.29 is 9.90 Å². The molecule has 0 aliphatic carbocycles. The van der Waals surface area contributed by atoms with Gasteiger partial charge in [0.05, 0.1) is 29.2 Å². The van der Waals surface area contributed by atoms with Gasteiger partial charge in [0.15, 0.2) is 0 Å². The average molecular weight is 239 g/mol. The maximum absolute atomic E-state index is 10.8. The van der Waals surface area contributed by atoms with E-state index in [-0.39, 0.29) is 5.56 Å². The Bertz CT molecular complexity index is 716. The fourth-order valence-corrected chi connectivity index (χ4v) is 1.82. The first-order valence-corrected chi connectivity index (χ1v) is 5.37. The molecule has 5 nitrogen and oxygen atoms in total. The normalized spacial score (nSPS) is 10.7. The van der Waals surface area contributed by atoms with E-state index in [2.05, 4.69) is 10.1 Å². The second-order valence-corrected chi connectivity index (χ2v) is 3.84. The first-order valence-electron chi connectivity index (χ1n) is 5.37. The van der Waals surface area contributed by atoms with E-state index in [9.17, 15) is 4.79 Å². The van der Waals surface area contributed by atoms with Crippen LogP contribution in [-0.4, -0.2) is 25.8 Å². The minimum atomic E-state index is -0.937. The molecule has 0 bridgehead atoms. The molecule has 2 heterocycles. The number of hydrogen-bond donors (Lipinski definition) is 1. The third-order valence-electron chi connectivity index (χ3n) is 2.73. The quantitative estimate of drug-likeness (QED) is 0.743. The number of aromatic carboxylic acids is 1. The number of pyridine rings is 1. The SMILES string of the molecule is O=C(O)c1ccc(-n2ncc3ccncc32)cc1. The van der Waals surface area contributed by atoms with Gasteiger partial charge in [0.2, 0.25) is 0 Å². The summed E-state index contributed by atoms with van der Waals surface area (Å²) in [5.41, 5.74) is 1.96. The van der Waals surface area contributed by atoms with Crippen molar-refractivity contribution >= 4 is 16.9 Å². The van der Waals surface area contributed by atoms with Gasteiger partial charge in [-0.25, -0.2) is 9.48 Å². The standard InChI is InChI=1S/C13H9N3O2/c17-13(18)9-1-3-11(4-2-9)16-12-8-14-6-5-10(12)7-15-16/h1-8H,(H,17,18). The van der Waals surface area contributed by atoms with Gasteiger partial charge in [-0.2, -0.15) is 5.10 Å². The van der Waals surface area contributed by atoms with Crippen molar-refractivity contribution in [3.05, 3.63) is 54.5 Å². The van der Waals surface area contributed by atoms with Crippen LogP contribution in [0, 0.1) is 0 Å². The van der Waals surface area contributed by atoms with Crippen LogP contribution < -0.4 is 0 Å². The Balaban J connectivity index is 2.12. The van der Waals surface area contributed by atoms with E-state index in [0.717, 1.165) is 16.6 Å². The number of benzene rings is 1. The van der Waals surface area contributed by atoms with Crippen molar-refractivity contribution in [1.29, 1.82) is 0 Å². The lowest BCUT2D eigenvalue weighted by atomic mass is 10.2. The first kappa shape index (κ1) is 10.5. The number of nitrogens with zero attached hydrogens (tertiary/aromatic N) is 3. The van der Waals surface area contributed by atoms with Crippen LogP contribution >= 0.6 is 0 Å². The van der Waals surface area contributed by atoms with Crippen LogP contribution in [0.5, 0.6) is 0 Å².